The van der Waals surface area contributed by atoms with Crippen LogP contribution in [0.5, 0.6) is 5.88 Å². The third-order valence-electron chi connectivity index (χ3n) is 10.0. The molecule has 0 radical (unpaired) electrons. The lowest BCUT2D eigenvalue weighted by Crippen LogP contribution is -2.46. The van der Waals surface area contributed by atoms with Crippen molar-refractivity contribution < 1.29 is 26.4 Å². The first-order valence-corrected chi connectivity index (χ1v) is 20.0. The molecule has 1 saturated heterocycles. The predicted octanol–water partition coefficient (Wildman–Crippen LogP) is 4.29. The zero-order valence-corrected chi connectivity index (χ0v) is 30.4. The largest absolute Gasteiger partial charge is 0.472 e. The molecule has 1 fully saturated rings. The molecule has 0 aliphatic carbocycles. The van der Waals surface area contributed by atoms with E-state index in [0.717, 1.165) is 38.9 Å². The molecule has 0 saturated carbocycles. The smallest absolute Gasteiger partial charge is 0.248 e. The Morgan fingerprint density at radius 1 is 1.10 bits per heavy atom. The summed E-state index contributed by atoms with van der Waals surface area (Å²) in [6, 6.07) is 12.6. The van der Waals surface area contributed by atoms with Crippen molar-refractivity contribution in [2.24, 2.45) is 5.41 Å². The molecule has 1 N–H and O–H groups in total. The van der Waals surface area contributed by atoms with Gasteiger partial charge in [0.1, 0.15) is 16.5 Å². The Hall–Kier alpha value is -3.88. The van der Waals surface area contributed by atoms with Crippen molar-refractivity contribution in [3.8, 4) is 5.88 Å². The van der Waals surface area contributed by atoms with Crippen LogP contribution in [0.4, 0.5) is 0 Å². The first kappa shape index (κ1) is 35.0. The number of hydrogen-bond donors (Lipinski definition) is 1. The average molecular weight is 709 g/mol. The Labute approximate surface area is 288 Å². The van der Waals surface area contributed by atoms with E-state index in [1.54, 1.807) is 6.07 Å². The molecule has 2 aliphatic rings. The highest BCUT2D eigenvalue weighted by Crippen LogP contribution is 2.44. The normalized spacial score (nSPS) is 21.1. The maximum absolute atomic E-state index is 14.2. The predicted molar refractivity (Wildman–Crippen MR) is 186 cm³/mol. The molecule has 6 rings (SSSR count). The highest BCUT2D eigenvalue weighted by atomic mass is 32.2. The van der Waals surface area contributed by atoms with Gasteiger partial charge in [0.25, 0.3) is 0 Å². The standard InChI is InChI=1S/C35H44N6O6S2/c1-7-27-20-40(49(45,46)30-10-9-16-36-33(30)47-27)19-25-18-24(12-11-22(25)3)31(28-13-14-29-32(23(28)4)38-39-41(29)8-2)35(5,6)34(42)37-26-15-17-48(43,44)21-26/h9-14,16,18,26-27,31H,7-8,15,17,19-21H2,1-6H3,(H,37,42)/t26?,27-,31?/m1/s1. The summed E-state index contributed by atoms with van der Waals surface area (Å²) in [5.74, 6) is -0.685. The van der Waals surface area contributed by atoms with Crippen LogP contribution in [0, 0.1) is 19.3 Å². The van der Waals surface area contributed by atoms with Gasteiger partial charge in [-0.05, 0) is 79.6 Å². The van der Waals surface area contributed by atoms with E-state index >= 15 is 0 Å². The molecule has 2 aromatic carbocycles. The van der Waals surface area contributed by atoms with Gasteiger partial charge in [-0.3, -0.25) is 4.79 Å². The second-order valence-electron chi connectivity index (χ2n) is 13.7. The highest BCUT2D eigenvalue weighted by molar-refractivity contribution is 7.91. The fourth-order valence-electron chi connectivity index (χ4n) is 7.04. The van der Waals surface area contributed by atoms with Crippen LogP contribution in [-0.4, -0.2) is 77.2 Å². The fraction of sp³-hybridized carbons (Fsp3) is 0.486. The van der Waals surface area contributed by atoms with Gasteiger partial charge in [-0.25, -0.2) is 26.5 Å². The molecule has 14 heteroatoms. The van der Waals surface area contributed by atoms with Crippen molar-refractivity contribution in [3.05, 3.63) is 76.5 Å². The van der Waals surface area contributed by atoms with E-state index in [9.17, 15) is 21.6 Å². The lowest BCUT2D eigenvalue weighted by molar-refractivity contribution is -0.130. The van der Waals surface area contributed by atoms with Crippen molar-refractivity contribution in [2.45, 2.75) is 90.4 Å². The number of carbonyl (C=O) groups is 1. The molecule has 2 aliphatic heterocycles. The average Bonchev–Trinajstić information content (AvgIpc) is 3.62. The number of nitrogens with one attached hydrogen (secondary N) is 1. The molecule has 4 aromatic rings. The van der Waals surface area contributed by atoms with E-state index in [2.05, 4.69) is 20.6 Å². The van der Waals surface area contributed by atoms with Crippen molar-refractivity contribution in [2.75, 3.05) is 18.1 Å². The van der Waals surface area contributed by atoms with Crippen molar-refractivity contribution in [3.63, 3.8) is 0 Å². The number of amides is 1. The van der Waals surface area contributed by atoms with Crippen LogP contribution in [-0.2, 0) is 37.7 Å². The second kappa shape index (κ2) is 13.1. The number of sulfonamides is 1. The number of rotatable bonds is 9. The molecular weight excluding hydrogens is 665 g/mol. The molecule has 2 aromatic heterocycles. The summed E-state index contributed by atoms with van der Waals surface area (Å²) in [5, 5.41) is 11.8. The molecule has 0 spiro atoms. The number of fused-ring (bicyclic) bond motifs is 2. The van der Waals surface area contributed by atoms with E-state index in [4.69, 9.17) is 4.74 Å². The van der Waals surface area contributed by atoms with Gasteiger partial charge in [0, 0.05) is 31.2 Å². The van der Waals surface area contributed by atoms with Crippen molar-refractivity contribution >= 4 is 36.8 Å². The summed E-state index contributed by atoms with van der Waals surface area (Å²) in [5.41, 5.74) is 4.85. The number of sulfone groups is 1. The topological polar surface area (TPSA) is 153 Å². The van der Waals surface area contributed by atoms with Crippen LogP contribution in [0.1, 0.15) is 74.3 Å². The van der Waals surface area contributed by atoms with Crippen LogP contribution in [0.25, 0.3) is 11.0 Å². The minimum Gasteiger partial charge on any atom is -0.472 e. The Bertz CT molecular complexity index is 2130. The van der Waals surface area contributed by atoms with E-state index in [1.165, 1.54) is 16.6 Å². The summed E-state index contributed by atoms with van der Waals surface area (Å²) >= 11 is 0. The fourth-order valence-corrected chi connectivity index (χ4v) is 10.2. The zero-order valence-electron chi connectivity index (χ0n) is 28.8. The molecular formula is C35H44N6O6S2. The van der Waals surface area contributed by atoms with Gasteiger partial charge >= 0.3 is 0 Å². The van der Waals surface area contributed by atoms with Crippen LogP contribution < -0.4 is 10.1 Å². The van der Waals surface area contributed by atoms with E-state index in [-0.39, 0.29) is 47.4 Å². The van der Waals surface area contributed by atoms with Crippen LogP contribution in [0.3, 0.4) is 0 Å². The van der Waals surface area contributed by atoms with Crippen molar-refractivity contribution in [1.82, 2.24) is 29.6 Å². The molecule has 12 nitrogen and oxygen atoms in total. The zero-order chi connectivity index (χ0) is 35.3. The number of ether oxygens (including phenoxy) is 1. The Morgan fingerprint density at radius 3 is 2.57 bits per heavy atom. The first-order valence-electron chi connectivity index (χ1n) is 16.7. The summed E-state index contributed by atoms with van der Waals surface area (Å²) < 4.78 is 61.7. The van der Waals surface area contributed by atoms with E-state index in [0.29, 0.717) is 19.4 Å². The molecule has 3 atom stereocenters. The molecule has 1 amide bonds. The molecule has 262 valence electrons. The van der Waals surface area contributed by atoms with Gasteiger partial charge in [-0.1, -0.05) is 50.3 Å². The lowest BCUT2D eigenvalue weighted by atomic mass is 9.69. The van der Waals surface area contributed by atoms with Gasteiger partial charge < -0.3 is 10.1 Å². The second-order valence-corrected chi connectivity index (χ2v) is 17.9. The Kier molecular flexibility index (Phi) is 9.35. The number of nitrogens with zero attached hydrogens (tertiary/aromatic N) is 5. The number of hydrogen-bond acceptors (Lipinski definition) is 9. The molecule has 49 heavy (non-hydrogen) atoms. The van der Waals surface area contributed by atoms with Gasteiger partial charge in [-0.15, -0.1) is 5.10 Å². The van der Waals surface area contributed by atoms with Gasteiger partial charge in [0.2, 0.25) is 21.8 Å². The van der Waals surface area contributed by atoms with E-state index < -0.39 is 37.2 Å². The molecule has 2 unspecified atom stereocenters. The maximum atomic E-state index is 14.2. The summed E-state index contributed by atoms with van der Waals surface area (Å²) in [6.45, 7) is 12.5. The van der Waals surface area contributed by atoms with E-state index in [1.807, 2.05) is 76.6 Å². The third kappa shape index (κ3) is 6.57. The minimum atomic E-state index is -3.94. The lowest BCUT2D eigenvalue weighted by Gasteiger charge is -2.36. The Morgan fingerprint density at radius 2 is 1.88 bits per heavy atom. The van der Waals surface area contributed by atoms with Gasteiger partial charge in [-0.2, -0.15) is 4.31 Å². The monoisotopic (exact) mass is 708 g/mol. The van der Waals surface area contributed by atoms with Crippen LogP contribution in [0.2, 0.25) is 0 Å². The number of pyridine rings is 1. The van der Waals surface area contributed by atoms with Gasteiger partial charge in [0.05, 0.1) is 29.0 Å². The highest BCUT2D eigenvalue weighted by Gasteiger charge is 2.42. The summed E-state index contributed by atoms with van der Waals surface area (Å²) in [6.07, 6.45) is 2.12. The molecule has 4 heterocycles. The summed E-state index contributed by atoms with van der Waals surface area (Å²) in [7, 11) is -7.15. The molecule has 0 bridgehead atoms. The van der Waals surface area contributed by atoms with Crippen LogP contribution in [0.15, 0.2) is 53.6 Å². The number of aryl methyl sites for hydroxylation is 3. The number of carbonyl (C=O) groups excluding carboxylic acids is 1. The number of benzene rings is 2. The minimum absolute atomic E-state index is 0.0356. The third-order valence-corrected chi connectivity index (χ3v) is 13.6. The summed E-state index contributed by atoms with van der Waals surface area (Å²) in [4.78, 5) is 18.4. The first-order chi connectivity index (χ1) is 23.2. The van der Waals surface area contributed by atoms with Crippen molar-refractivity contribution in [1.29, 1.82) is 0 Å². The number of aromatic nitrogens is 4. The quantitative estimate of drug-likeness (QED) is 0.268. The van der Waals surface area contributed by atoms with Gasteiger partial charge in [0.15, 0.2) is 9.84 Å². The maximum Gasteiger partial charge on any atom is 0.248 e. The van der Waals surface area contributed by atoms with Crippen LogP contribution >= 0.6 is 0 Å². The Balaban J connectivity index is 1.44. The SMILES string of the molecule is CC[C@@H]1CN(Cc2cc(C(c3ccc4c(nnn4CC)c3C)C(C)(C)C(=O)NC3CCS(=O)(=O)C3)ccc2C)S(=O)(=O)c2cccnc2O1.